The zero-order chi connectivity index (χ0) is 49.4. The van der Waals surface area contributed by atoms with Gasteiger partial charge in [0.15, 0.2) is 42.3 Å². The topological polar surface area (TPSA) is 331 Å². The van der Waals surface area contributed by atoms with E-state index < -0.39 is 127 Å². The molecule has 2 aliphatic rings. The third-order valence-corrected chi connectivity index (χ3v) is 9.29. The number of carboxylic acids is 1. The van der Waals surface area contributed by atoms with Gasteiger partial charge in [0.2, 0.25) is 24.8 Å². The van der Waals surface area contributed by atoms with Crippen molar-refractivity contribution in [3.05, 3.63) is 54.0 Å². The lowest BCUT2D eigenvalue weighted by molar-refractivity contribution is -0.283. The molecule has 26 nitrogen and oxygen atoms in total. The van der Waals surface area contributed by atoms with Crippen LogP contribution < -0.4 is 14.8 Å². The van der Waals surface area contributed by atoms with E-state index in [0.29, 0.717) is 0 Å². The predicted octanol–water partition coefficient (Wildman–Crippen LogP) is 0.428. The summed E-state index contributed by atoms with van der Waals surface area (Å²) in [5, 5.41) is 12.0. The summed E-state index contributed by atoms with van der Waals surface area (Å²) in [5.41, 5.74) is -0.378. The van der Waals surface area contributed by atoms with Gasteiger partial charge in [-0.2, -0.15) is 0 Å². The van der Waals surface area contributed by atoms with Crippen LogP contribution in [0.4, 0.5) is 5.69 Å². The maximum absolute atomic E-state index is 14.2. The van der Waals surface area contributed by atoms with Crippen LogP contribution in [0.25, 0.3) is 5.65 Å². The molecule has 1 aromatic carbocycles. The molecule has 3 aromatic rings. The molecule has 5 rings (SSSR count). The highest BCUT2D eigenvalue weighted by Gasteiger charge is 2.57. The van der Waals surface area contributed by atoms with Gasteiger partial charge >= 0.3 is 53.7 Å². The summed E-state index contributed by atoms with van der Waals surface area (Å²) in [6, 6.07) is 6.06. The number of benzene rings is 1. The van der Waals surface area contributed by atoms with Gasteiger partial charge in [0, 0.05) is 60.0 Å². The van der Waals surface area contributed by atoms with Crippen molar-refractivity contribution in [1.29, 1.82) is 0 Å². The van der Waals surface area contributed by atoms with Crippen molar-refractivity contribution in [2.75, 3.05) is 19.5 Å². The molecule has 2 fully saturated rings. The first-order chi connectivity index (χ1) is 31.6. The zero-order valence-corrected chi connectivity index (χ0v) is 36.6. The molecule has 360 valence electrons. The van der Waals surface area contributed by atoms with Gasteiger partial charge in [-0.15, -0.1) is 0 Å². The molecule has 26 heteroatoms. The molecule has 4 heterocycles. The van der Waals surface area contributed by atoms with Crippen molar-refractivity contribution in [1.82, 2.24) is 9.38 Å². The van der Waals surface area contributed by atoms with E-state index in [1.165, 1.54) is 28.9 Å². The van der Waals surface area contributed by atoms with E-state index in [1.807, 2.05) is 0 Å². The minimum absolute atomic E-state index is 0.0854. The fourth-order valence-corrected chi connectivity index (χ4v) is 6.84. The van der Waals surface area contributed by atoms with Gasteiger partial charge in [0.25, 0.3) is 5.91 Å². The Morgan fingerprint density at radius 1 is 0.582 bits per heavy atom. The number of nitrogens with zero attached hydrogens (tertiary/aromatic N) is 2. The summed E-state index contributed by atoms with van der Waals surface area (Å²) in [5.74, 6) is -11.4. The fourth-order valence-electron chi connectivity index (χ4n) is 6.84. The van der Waals surface area contributed by atoms with E-state index in [4.69, 9.17) is 56.8 Å². The van der Waals surface area contributed by atoms with E-state index in [0.717, 1.165) is 74.0 Å². The summed E-state index contributed by atoms with van der Waals surface area (Å²) in [4.78, 5) is 130. The van der Waals surface area contributed by atoms with Crippen LogP contribution in [-0.4, -0.2) is 150 Å². The van der Waals surface area contributed by atoms with E-state index in [-0.39, 0.29) is 28.3 Å². The molecule has 0 bridgehead atoms. The van der Waals surface area contributed by atoms with Gasteiger partial charge < -0.3 is 71.7 Å². The summed E-state index contributed by atoms with van der Waals surface area (Å²) < 4.78 is 67.4. The standard InChI is InChI=1S/C41H43N3O23/c1-16(45)58-28-30(60-18(3)47)34(62-20(5)49)40(66-32(28)38(54)56-7)64-23-10-11-24(36(51)42-22-9-12-27-43-25(37(52)53)15-44(27)14-22)26(13-23)65-41-35(63-21(6)50)31(61-19(4)48)29(59-17(2)46)33(67-41)39(55)57-8/h9-15,28-35,40-41H,1-8H3,(H,42,51)(H,52,53)/t28-,29-,30-,31-,32-,33-,34+,35+,40+,41+/m0/s1. The Morgan fingerprint density at radius 3 is 1.48 bits per heavy atom. The number of methoxy groups -OCH3 is 2. The monoisotopic (exact) mass is 945 g/mol. The Balaban J connectivity index is 1.65. The third-order valence-electron chi connectivity index (χ3n) is 9.29. The summed E-state index contributed by atoms with van der Waals surface area (Å²) in [6.07, 6.45) is -16.1. The minimum atomic E-state index is -2.04. The molecule has 0 aliphatic carbocycles. The number of aromatic nitrogens is 2. The number of carbonyl (C=O) groups excluding carboxylic acids is 9. The van der Waals surface area contributed by atoms with Crippen molar-refractivity contribution in [3.8, 4) is 11.5 Å². The lowest BCUT2D eigenvalue weighted by atomic mass is 9.97. The average molecular weight is 946 g/mol. The third kappa shape index (κ3) is 12.3. The second-order valence-electron chi connectivity index (χ2n) is 14.3. The molecule has 0 unspecified atom stereocenters. The number of carbonyl (C=O) groups is 10. The number of amides is 1. The van der Waals surface area contributed by atoms with E-state index in [9.17, 15) is 53.1 Å². The number of hydrogen-bond donors (Lipinski definition) is 2. The molecule has 2 saturated heterocycles. The van der Waals surface area contributed by atoms with Crippen LogP contribution in [0.5, 0.6) is 11.5 Å². The molecule has 0 spiro atoms. The molecular weight excluding hydrogens is 902 g/mol. The number of imidazole rings is 1. The zero-order valence-electron chi connectivity index (χ0n) is 36.6. The number of fused-ring (bicyclic) bond motifs is 1. The number of hydrogen-bond acceptors (Lipinski definition) is 23. The van der Waals surface area contributed by atoms with E-state index in [1.54, 1.807) is 0 Å². The van der Waals surface area contributed by atoms with Crippen LogP contribution in [-0.2, 0) is 85.7 Å². The average Bonchev–Trinajstić information content (AvgIpc) is 3.67. The first-order valence-electron chi connectivity index (χ1n) is 19.6. The van der Waals surface area contributed by atoms with Gasteiger partial charge in [0.1, 0.15) is 17.1 Å². The molecule has 2 aliphatic heterocycles. The fraction of sp³-hybridized carbons (Fsp3) is 0.439. The lowest BCUT2D eigenvalue weighted by Crippen LogP contribution is -2.64. The van der Waals surface area contributed by atoms with Gasteiger partial charge in [-0.1, -0.05) is 0 Å². The van der Waals surface area contributed by atoms with Crippen molar-refractivity contribution >= 4 is 71.0 Å². The second kappa shape index (κ2) is 21.4. The van der Waals surface area contributed by atoms with Gasteiger partial charge in [-0.05, 0) is 24.3 Å². The summed E-state index contributed by atoms with van der Waals surface area (Å²) in [6.45, 7) is 5.82. The molecule has 10 atom stereocenters. The first kappa shape index (κ1) is 50.1. The number of esters is 8. The molecule has 2 aromatic heterocycles. The number of anilines is 1. The molecule has 1 amide bonds. The van der Waals surface area contributed by atoms with Crippen LogP contribution in [0.2, 0.25) is 0 Å². The first-order valence-corrected chi connectivity index (χ1v) is 19.6. The van der Waals surface area contributed by atoms with Crippen molar-refractivity contribution in [2.45, 2.75) is 103 Å². The Hall–Kier alpha value is -7.87. The van der Waals surface area contributed by atoms with Gasteiger partial charge in [-0.25, -0.2) is 19.4 Å². The molecule has 2 N–H and O–H groups in total. The van der Waals surface area contributed by atoms with Crippen molar-refractivity contribution in [2.24, 2.45) is 0 Å². The highest BCUT2D eigenvalue weighted by molar-refractivity contribution is 6.06. The molecular formula is C41H43N3O23. The number of ether oxygens (including phenoxy) is 12. The largest absolute Gasteiger partial charge is 0.476 e. The van der Waals surface area contributed by atoms with Crippen molar-refractivity contribution < 1.29 is 110 Å². The highest BCUT2D eigenvalue weighted by Crippen LogP contribution is 2.36. The summed E-state index contributed by atoms with van der Waals surface area (Å²) in [7, 11) is 1.93. The van der Waals surface area contributed by atoms with Crippen LogP contribution in [0.1, 0.15) is 62.4 Å². The molecule has 0 saturated carbocycles. The Labute approximate surface area is 377 Å². The highest BCUT2D eigenvalue weighted by atomic mass is 16.8. The SMILES string of the molecule is COC(=O)[C@H]1O[C@@H](Oc2ccc(C(=O)Nc3ccc4nc(C(=O)O)cn4c3)c(O[C@@H]3O[C@H](C(=O)OC)[C@@H](OC(C)=O)[C@H](OC(C)=O)[C@H]3OC(C)=O)c2)[C@H](OC(C)=O)[C@@H](OC(C)=O)[C@@H]1OC(C)=O. The number of pyridine rings is 1. The van der Waals surface area contributed by atoms with Gasteiger partial charge in [0.05, 0.1) is 25.5 Å². The summed E-state index contributed by atoms with van der Waals surface area (Å²) >= 11 is 0. The van der Waals surface area contributed by atoms with Crippen molar-refractivity contribution in [3.63, 3.8) is 0 Å². The van der Waals surface area contributed by atoms with Crippen LogP contribution >= 0.6 is 0 Å². The quantitative estimate of drug-likeness (QED) is 0.154. The maximum atomic E-state index is 14.2. The predicted molar refractivity (Wildman–Crippen MR) is 212 cm³/mol. The number of aromatic carboxylic acids is 1. The minimum Gasteiger partial charge on any atom is -0.476 e. The van der Waals surface area contributed by atoms with Crippen LogP contribution in [0, 0.1) is 0 Å². The second-order valence-corrected chi connectivity index (χ2v) is 14.3. The lowest BCUT2D eigenvalue weighted by Gasteiger charge is -2.43. The van der Waals surface area contributed by atoms with Gasteiger partial charge in [-0.3, -0.25) is 33.6 Å². The Morgan fingerprint density at radius 2 is 1.03 bits per heavy atom. The van der Waals surface area contributed by atoms with Crippen LogP contribution in [0.15, 0.2) is 42.7 Å². The van der Waals surface area contributed by atoms with E-state index >= 15 is 0 Å². The molecule has 0 radical (unpaired) electrons. The van der Waals surface area contributed by atoms with Crippen LogP contribution in [0.3, 0.4) is 0 Å². The Kier molecular flexibility index (Phi) is 16.0. The Bertz CT molecular complexity index is 2450. The molecule has 67 heavy (non-hydrogen) atoms. The number of nitrogens with one attached hydrogen (secondary N) is 1. The maximum Gasteiger partial charge on any atom is 0.356 e. The number of rotatable bonds is 15. The number of carboxylic acid groups (broad SMARTS) is 1. The van der Waals surface area contributed by atoms with E-state index in [2.05, 4.69) is 10.3 Å². The normalized spacial score (nSPS) is 24.4. The smallest absolute Gasteiger partial charge is 0.356 e.